The number of aliphatic hydroxyl groups is 1. The van der Waals surface area contributed by atoms with Crippen molar-refractivity contribution in [3.05, 3.63) is 61.2 Å². The van der Waals surface area contributed by atoms with Crippen molar-refractivity contribution in [1.82, 2.24) is 19.5 Å². The highest BCUT2D eigenvalue weighted by Gasteiger charge is 2.65. The van der Waals surface area contributed by atoms with Crippen LogP contribution in [0.25, 0.3) is 11.2 Å². The van der Waals surface area contributed by atoms with Crippen LogP contribution in [0.3, 0.4) is 0 Å². The Morgan fingerprint density at radius 1 is 1.04 bits per heavy atom. The van der Waals surface area contributed by atoms with E-state index < -0.39 is 41.2 Å². The maximum absolute atomic E-state index is 12.9. The lowest BCUT2D eigenvalue weighted by molar-refractivity contribution is -0.104. The summed E-state index contributed by atoms with van der Waals surface area (Å²) >= 11 is 0. The average Bonchev–Trinajstić information content (AvgIpc) is 3.52. The molecule has 2 aliphatic heterocycles. The topological polar surface area (TPSA) is 130 Å². The fourth-order valence-electron chi connectivity index (χ4n) is 6.88. The van der Waals surface area contributed by atoms with Crippen LogP contribution in [0.5, 0.6) is 0 Å². The van der Waals surface area contributed by atoms with Gasteiger partial charge in [0.2, 0.25) is 0 Å². The summed E-state index contributed by atoms with van der Waals surface area (Å²) in [5.74, 6) is -0.0614. The highest BCUT2D eigenvalue weighted by molar-refractivity contribution is 6.84. The van der Waals surface area contributed by atoms with Crippen LogP contribution in [0.4, 0.5) is 5.82 Å². The first-order chi connectivity index (χ1) is 21.3. The van der Waals surface area contributed by atoms with Gasteiger partial charge in [-0.25, -0.2) is 15.0 Å². The average molecular weight is 654 g/mol. The highest BCUT2D eigenvalue weighted by Crippen LogP contribution is 2.52. The van der Waals surface area contributed by atoms with Crippen molar-refractivity contribution in [2.24, 2.45) is 0 Å². The Hall–Kier alpha value is -2.79. The molecule has 2 fully saturated rings. The molecule has 4 heterocycles. The zero-order valence-electron chi connectivity index (χ0n) is 27.6. The molecular weight excluding hydrogens is 607 g/mol. The Morgan fingerprint density at radius 3 is 2.29 bits per heavy atom. The zero-order chi connectivity index (χ0) is 32.7. The fourth-order valence-corrected chi connectivity index (χ4v) is 18.1. The van der Waals surface area contributed by atoms with E-state index in [2.05, 4.69) is 82.2 Å². The minimum Gasteiger partial charge on any atom is -0.414 e. The van der Waals surface area contributed by atoms with Crippen molar-refractivity contribution in [3.63, 3.8) is 0 Å². The molecule has 0 bridgehead atoms. The number of fused-ring (bicyclic) bond motifs is 2. The Morgan fingerprint density at radius 2 is 1.69 bits per heavy atom. The smallest absolute Gasteiger partial charge is 0.335 e. The maximum atomic E-state index is 12.9. The molecule has 2 N–H and O–H groups in total. The van der Waals surface area contributed by atoms with Gasteiger partial charge in [-0.1, -0.05) is 79.7 Å². The number of nitrogens with one attached hydrogen (secondary N) is 1. The van der Waals surface area contributed by atoms with Crippen LogP contribution in [-0.2, 0) is 17.7 Å². The van der Waals surface area contributed by atoms with Gasteiger partial charge in [-0.2, -0.15) is 0 Å². The van der Waals surface area contributed by atoms with Crippen LogP contribution >= 0.6 is 0 Å². The van der Waals surface area contributed by atoms with E-state index in [1.807, 2.05) is 6.07 Å². The van der Waals surface area contributed by atoms with Crippen molar-refractivity contribution in [2.45, 2.75) is 108 Å². The third kappa shape index (κ3) is 5.72. The van der Waals surface area contributed by atoms with Crippen molar-refractivity contribution < 1.29 is 27.6 Å². The quantitative estimate of drug-likeness (QED) is 0.204. The lowest BCUT2D eigenvalue weighted by Crippen LogP contribution is -2.67. The maximum Gasteiger partial charge on any atom is 0.335 e. The van der Waals surface area contributed by atoms with Gasteiger partial charge < -0.3 is 28.1 Å². The molecule has 0 radical (unpaired) electrons. The predicted octanol–water partition coefficient (Wildman–Crippen LogP) is 6.24. The third-order valence-electron chi connectivity index (χ3n) is 9.23. The van der Waals surface area contributed by atoms with Gasteiger partial charge in [0.15, 0.2) is 23.2 Å². The van der Waals surface area contributed by atoms with Gasteiger partial charge in [0, 0.05) is 12.0 Å². The zero-order valence-corrected chi connectivity index (χ0v) is 29.6. The van der Waals surface area contributed by atoms with Crippen LogP contribution < -0.4 is 5.32 Å². The third-order valence-corrected chi connectivity index (χ3v) is 19.5. The van der Waals surface area contributed by atoms with Gasteiger partial charge in [0.1, 0.15) is 24.1 Å². The molecule has 0 unspecified atom stereocenters. The molecular formula is C32H47N5O6Si2. The van der Waals surface area contributed by atoms with Gasteiger partial charge in [-0.05, 0) is 34.3 Å². The predicted molar refractivity (Wildman–Crippen MR) is 177 cm³/mol. The number of carbonyl (C=O) groups excluding carboxylic acids is 1. The number of nitrogens with zero attached hydrogens (tertiary/aromatic N) is 4. The molecule has 45 heavy (non-hydrogen) atoms. The molecule has 0 saturated carbocycles. The minimum absolute atomic E-state index is 0.0776. The Labute approximate surface area is 267 Å². The lowest BCUT2D eigenvalue weighted by atomic mass is 9.90. The molecule has 1 aromatic carbocycles. The normalized spacial score (nSPS) is 26.3. The van der Waals surface area contributed by atoms with Gasteiger partial charge in [-0.15, -0.1) is 6.58 Å². The number of anilines is 1. The molecule has 2 aliphatic rings. The first kappa shape index (κ1) is 33.6. The number of hydrogen-bond donors (Lipinski definition) is 2. The summed E-state index contributed by atoms with van der Waals surface area (Å²) in [6.45, 7) is 21.4. The van der Waals surface area contributed by atoms with Gasteiger partial charge >= 0.3 is 17.1 Å². The molecule has 0 spiro atoms. The number of benzene rings is 1. The number of aromatic nitrogens is 4. The van der Waals surface area contributed by atoms with Crippen LogP contribution in [0.15, 0.2) is 55.6 Å². The molecule has 3 aromatic rings. The molecule has 5 rings (SSSR count). The highest BCUT2D eigenvalue weighted by atomic mass is 28.5. The van der Waals surface area contributed by atoms with E-state index in [9.17, 15) is 9.90 Å². The Kier molecular flexibility index (Phi) is 9.54. The number of carbonyl (C=O) groups is 1. The number of rotatable bonds is 9. The van der Waals surface area contributed by atoms with Gasteiger partial charge in [0.25, 0.3) is 5.91 Å². The molecule has 2 saturated heterocycles. The number of hydrogen-bond acceptors (Lipinski definition) is 9. The van der Waals surface area contributed by atoms with Gasteiger partial charge in [0.05, 0.1) is 12.9 Å². The Balaban J connectivity index is 1.58. The summed E-state index contributed by atoms with van der Waals surface area (Å²) in [4.78, 5) is 26.3. The molecule has 13 heteroatoms. The van der Waals surface area contributed by atoms with Crippen molar-refractivity contribution in [1.29, 1.82) is 0 Å². The summed E-state index contributed by atoms with van der Waals surface area (Å²) < 4.78 is 29.9. The summed E-state index contributed by atoms with van der Waals surface area (Å²) in [6, 6.07) is 8.88. The summed E-state index contributed by atoms with van der Waals surface area (Å²) in [7, 11) is -5.86. The van der Waals surface area contributed by atoms with Crippen molar-refractivity contribution in [2.75, 3.05) is 11.9 Å². The van der Waals surface area contributed by atoms with E-state index >= 15 is 0 Å². The number of ether oxygens (including phenoxy) is 1. The largest absolute Gasteiger partial charge is 0.414 e. The summed E-state index contributed by atoms with van der Waals surface area (Å²) in [5.41, 5.74) is 0.207. The lowest BCUT2D eigenvalue weighted by Gasteiger charge is -2.52. The number of amides is 1. The summed E-state index contributed by atoms with van der Waals surface area (Å²) in [6.07, 6.45) is 2.48. The first-order valence-corrected chi connectivity index (χ1v) is 19.8. The van der Waals surface area contributed by atoms with Crippen molar-refractivity contribution >= 4 is 40.0 Å². The second-order valence-corrected chi connectivity index (χ2v) is 22.2. The van der Waals surface area contributed by atoms with Crippen LogP contribution in [-0.4, -0.2) is 72.1 Å². The van der Waals surface area contributed by atoms with Crippen molar-refractivity contribution in [3.8, 4) is 0 Å². The number of imidazole rings is 1. The molecule has 2 aromatic heterocycles. The molecule has 1 amide bonds. The molecule has 4 atom stereocenters. The first-order valence-electron chi connectivity index (χ1n) is 15.8. The second-order valence-electron chi connectivity index (χ2n) is 13.4. The van der Waals surface area contributed by atoms with E-state index in [1.165, 1.54) is 6.33 Å². The SMILES string of the molecule is C=CC[C@]1(O)[C@@H]2O[Si](C(C)C)(C(C)C)O[Si](C(C)C)(C(C)C)OC[C@H]2O[C@H]1n1cnc2c(NC(=O)c3ccccc3)ncnc21. The van der Waals surface area contributed by atoms with Gasteiger partial charge in [-0.3, -0.25) is 9.36 Å². The second kappa shape index (κ2) is 12.8. The molecule has 244 valence electrons. The van der Waals surface area contributed by atoms with E-state index in [1.54, 1.807) is 41.2 Å². The van der Waals surface area contributed by atoms with E-state index in [4.69, 9.17) is 17.7 Å². The van der Waals surface area contributed by atoms with E-state index in [0.29, 0.717) is 16.7 Å². The monoisotopic (exact) mass is 653 g/mol. The minimum atomic E-state index is -3.05. The van der Waals surface area contributed by atoms with Crippen LogP contribution in [0, 0.1) is 0 Å². The fraction of sp³-hybridized carbons (Fsp3) is 0.562. The van der Waals surface area contributed by atoms with E-state index in [0.717, 1.165) is 0 Å². The Bertz CT molecular complexity index is 1500. The van der Waals surface area contributed by atoms with Crippen LogP contribution in [0.2, 0.25) is 22.2 Å². The molecule has 0 aliphatic carbocycles. The van der Waals surface area contributed by atoms with E-state index in [-0.39, 0.29) is 46.9 Å². The summed E-state index contributed by atoms with van der Waals surface area (Å²) in [5, 5.41) is 15.5. The molecule has 11 nitrogen and oxygen atoms in total. The van der Waals surface area contributed by atoms with Crippen LogP contribution in [0.1, 0.15) is 78.4 Å². The standard InChI is InChI=1S/C32H47N5O6Si2/c1-10-16-32(39)27-25(17-40-44(20(2)3,21(4)5)43-45(42-27,22(6)7)23(8)9)41-31(32)37-19-35-26-28(33-18-34-29(26)37)36-30(38)24-14-12-11-13-15-24/h10-15,18-23,25,27,31,39H,1,16-17H2,2-9H3,(H,33,34,36,38)/t25-,27-,31-,32+/m1/s1.